The minimum absolute atomic E-state index is 0.0158. The monoisotopic (exact) mass is 261 g/mol. The molecule has 2 atom stereocenters. The molecule has 1 saturated heterocycles. The van der Waals surface area contributed by atoms with Crippen LogP contribution in [0.1, 0.15) is 12.5 Å². The molecule has 3 heterocycles. The largest absolute Gasteiger partial charge is 0.373 e. The molecule has 2 N–H and O–H groups in total. The van der Waals surface area contributed by atoms with Crippen molar-refractivity contribution in [2.24, 2.45) is 5.73 Å². The standard InChI is InChI=1S/C13H19N5O/c1-9-3-4-18-12(7-9)15-13(16-18)17-5-6-19-11(8-17)10(2)14/h3-4,7,10-11H,5-6,8,14H2,1-2H3. The van der Waals surface area contributed by atoms with Gasteiger partial charge in [0.2, 0.25) is 5.95 Å². The molecule has 3 rings (SSSR count). The molecule has 1 aliphatic heterocycles. The highest BCUT2D eigenvalue weighted by Crippen LogP contribution is 2.16. The summed E-state index contributed by atoms with van der Waals surface area (Å²) < 4.78 is 7.46. The summed E-state index contributed by atoms with van der Waals surface area (Å²) in [6, 6.07) is 4.07. The number of fused-ring (bicyclic) bond motifs is 1. The average molecular weight is 261 g/mol. The molecule has 2 aromatic heterocycles. The molecule has 0 aromatic carbocycles. The molecule has 0 bridgehead atoms. The predicted molar refractivity (Wildman–Crippen MR) is 73.3 cm³/mol. The molecule has 102 valence electrons. The Bertz CT molecular complexity index is 579. The topological polar surface area (TPSA) is 68.7 Å². The van der Waals surface area contributed by atoms with E-state index in [4.69, 9.17) is 10.5 Å². The first-order valence-electron chi connectivity index (χ1n) is 6.58. The van der Waals surface area contributed by atoms with Gasteiger partial charge < -0.3 is 15.4 Å². The normalized spacial score (nSPS) is 21.8. The zero-order valence-electron chi connectivity index (χ0n) is 11.3. The van der Waals surface area contributed by atoms with Crippen molar-refractivity contribution in [1.29, 1.82) is 0 Å². The number of nitrogens with zero attached hydrogens (tertiary/aromatic N) is 4. The Kier molecular flexibility index (Phi) is 3.12. The van der Waals surface area contributed by atoms with Gasteiger partial charge in [-0.3, -0.25) is 0 Å². The molecule has 1 fully saturated rings. The van der Waals surface area contributed by atoms with Crippen molar-refractivity contribution < 1.29 is 4.74 Å². The molecule has 2 aromatic rings. The lowest BCUT2D eigenvalue weighted by Gasteiger charge is -2.33. The van der Waals surface area contributed by atoms with E-state index in [0.717, 1.165) is 24.7 Å². The number of morpholine rings is 1. The van der Waals surface area contributed by atoms with E-state index in [2.05, 4.69) is 21.9 Å². The van der Waals surface area contributed by atoms with E-state index >= 15 is 0 Å². The number of aromatic nitrogens is 3. The number of ether oxygens (including phenoxy) is 1. The predicted octanol–water partition coefficient (Wildman–Crippen LogP) is 0.590. The maximum absolute atomic E-state index is 5.90. The second-order valence-electron chi connectivity index (χ2n) is 5.13. The SMILES string of the molecule is Cc1ccn2nc(N3CCOC(C(C)N)C3)nc2c1. The Morgan fingerprint density at radius 2 is 2.37 bits per heavy atom. The van der Waals surface area contributed by atoms with E-state index in [1.54, 1.807) is 4.52 Å². The Labute approximate surface area is 112 Å². The van der Waals surface area contributed by atoms with Gasteiger partial charge in [-0.15, -0.1) is 5.10 Å². The zero-order valence-corrected chi connectivity index (χ0v) is 11.3. The van der Waals surface area contributed by atoms with Crippen LogP contribution in [0.3, 0.4) is 0 Å². The van der Waals surface area contributed by atoms with Crippen molar-refractivity contribution in [2.45, 2.75) is 26.0 Å². The fourth-order valence-electron chi connectivity index (χ4n) is 2.28. The second kappa shape index (κ2) is 4.79. The van der Waals surface area contributed by atoms with Gasteiger partial charge >= 0.3 is 0 Å². The van der Waals surface area contributed by atoms with Crippen molar-refractivity contribution in [3.63, 3.8) is 0 Å². The van der Waals surface area contributed by atoms with Crippen molar-refractivity contribution in [1.82, 2.24) is 14.6 Å². The maximum atomic E-state index is 5.90. The van der Waals surface area contributed by atoms with Crippen LogP contribution in [0.5, 0.6) is 0 Å². The first-order valence-corrected chi connectivity index (χ1v) is 6.58. The van der Waals surface area contributed by atoms with Crippen molar-refractivity contribution >= 4 is 11.6 Å². The molecule has 6 heteroatoms. The van der Waals surface area contributed by atoms with Gasteiger partial charge in [-0.05, 0) is 31.5 Å². The molecule has 6 nitrogen and oxygen atoms in total. The summed E-state index contributed by atoms with van der Waals surface area (Å²) in [4.78, 5) is 6.71. The smallest absolute Gasteiger partial charge is 0.245 e. The summed E-state index contributed by atoms with van der Waals surface area (Å²) in [5, 5.41) is 4.51. The molecule has 0 radical (unpaired) electrons. The van der Waals surface area contributed by atoms with Crippen molar-refractivity contribution in [3.8, 4) is 0 Å². The van der Waals surface area contributed by atoms with Gasteiger partial charge in [0.15, 0.2) is 5.65 Å². The number of aryl methyl sites for hydroxylation is 1. The van der Waals surface area contributed by atoms with E-state index < -0.39 is 0 Å². The summed E-state index contributed by atoms with van der Waals surface area (Å²) in [6.45, 7) is 6.23. The number of hydrogen-bond acceptors (Lipinski definition) is 5. The molecular weight excluding hydrogens is 242 g/mol. The molecule has 0 spiro atoms. The number of hydrogen-bond donors (Lipinski definition) is 1. The van der Waals surface area contributed by atoms with Crippen LogP contribution in [0.2, 0.25) is 0 Å². The van der Waals surface area contributed by atoms with E-state index in [-0.39, 0.29) is 12.1 Å². The zero-order chi connectivity index (χ0) is 13.4. The van der Waals surface area contributed by atoms with Gasteiger partial charge in [-0.25, -0.2) is 4.52 Å². The Morgan fingerprint density at radius 1 is 1.53 bits per heavy atom. The highest BCUT2D eigenvalue weighted by Gasteiger charge is 2.25. The third kappa shape index (κ3) is 2.41. The van der Waals surface area contributed by atoms with Gasteiger partial charge in [-0.1, -0.05) is 0 Å². The number of anilines is 1. The first-order chi connectivity index (χ1) is 9.13. The Morgan fingerprint density at radius 3 is 3.16 bits per heavy atom. The summed E-state index contributed by atoms with van der Waals surface area (Å²) >= 11 is 0. The molecular formula is C13H19N5O. The molecule has 0 amide bonds. The van der Waals surface area contributed by atoms with Gasteiger partial charge in [0.25, 0.3) is 0 Å². The van der Waals surface area contributed by atoms with Crippen LogP contribution in [0.25, 0.3) is 5.65 Å². The van der Waals surface area contributed by atoms with Gasteiger partial charge in [0.1, 0.15) is 0 Å². The third-order valence-corrected chi connectivity index (χ3v) is 3.44. The van der Waals surface area contributed by atoms with Crippen LogP contribution in [0.4, 0.5) is 5.95 Å². The van der Waals surface area contributed by atoms with Crippen LogP contribution in [0, 0.1) is 6.92 Å². The summed E-state index contributed by atoms with van der Waals surface area (Å²) in [5.74, 6) is 0.750. The lowest BCUT2D eigenvalue weighted by molar-refractivity contribution is 0.0271. The summed E-state index contributed by atoms with van der Waals surface area (Å²) in [6.07, 6.45) is 1.98. The number of pyridine rings is 1. The van der Waals surface area contributed by atoms with Crippen LogP contribution < -0.4 is 10.6 Å². The highest BCUT2D eigenvalue weighted by atomic mass is 16.5. The second-order valence-corrected chi connectivity index (χ2v) is 5.13. The molecule has 0 aliphatic carbocycles. The quantitative estimate of drug-likeness (QED) is 0.857. The molecule has 19 heavy (non-hydrogen) atoms. The molecule has 0 saturated carbocycles. The van der Waals surface area contributed by atoms with Gasteiger partial charge in [-0.2, -0.15) is 4.98 Å². The minimum atomic E-state index is 0.0158. The van der Waals surface area contributed by atoms with E-state index in [9.17, 15) is 0 Å². The van der Waals surface area contributed by atoms with Crippen LogP contribution in [-0.4, -0.2) is 46.4 Å². The van der Waals surface area contributed by atoms with Crippen molar-refractivity contribution in [3.05, 3.63) is 23.9 Å². The van der Waals surface area contributed by atoms with Crippen LogP contribution >= 0.6 is 0 Å². The Hall–Kier alpha value is -1.66. The fourth-order valence-corrected chi connectivity index (χ4v) is 2.28. The van der Waals surface area contributed by atoms with Crippen LogP contribution in [-0.2, 0) is 4.74 Å². The average Bonchev–Trinajstić information content (AvgIpc) is 2.81. The van der Waals surface area contributed by atoms with Crippen molar-refractivity contribution in [2.75, 3.05) is 24.6 Å². The fraction of sp³-hybridized carbons (Fsp3) is 0.538. The van der Waals surface area contributed by atoms with Gasteiger partial charge in [0, 0.05) is 25.3 Å². The number of nitrogens with two attached hydrogens (primary N) is 1. The van der Waals surface area contributed by atoms with Crippen LogP contribution in [0.15, 0.2) is 18.3 Å². The molecule has 2 unspecified atom stereocenters. The van der Waals surface area contributed by atoms with E-state index in [1.807, 2.05) is 25.3 Å². The summed E-state index contributed by atoms with van der Waals surface area (Å²) in [7, 11) is 0. The first kappa shape index (κ1) is 12.4. The van der Waals surface area contributed by atoms with Gasteiger partial charge in [0.05, 0.1) is 12.7 Å². The third-order valence-electron chi connectivity index (χ3n) is 3.44. The lowest BCUT2D eigenvalue weighted by Crippen LogP contribution is -2.50. The maximum Gasteiger partial charge on any atom is 0.245 e. The van der Waals surface area contributed by atoms with E-state index in [0.29, 0.717) is 6.61 Å². The summed E-state index contributed by atoms with van der Waals surface area (Å²) in [5.41, 5.74) is 7.96. The molecule has 1 aliphatic rings. The van der Waals surface area contributed by atoms with E-state index in [1.165, 1.54) is 5.56 Å². The highest BCUT2D eigenvalue weighted by molar-refractivity contribution is 5.46. The number of rotatable bonds is 2. The lowest BCUT2D eigenvalue weighted by atomic mass is 10.1. The minimum Gasteiger partial charge on any atom is -0.373 e. The Balaban J connectivity index is 1.87.